The monoisotopic (exact) mass is 232 g/mol. The standard InChI is InChI=1S/C13H20N4/c1-10-7-11(9-14)12(15)8-13(10)17-5-3-16(2)4-6-17/h7-9,14H,3-6,15H2,1-2H3. The third kappa shape index (κ3) is 2.42. The van der Waals surface area contributed by atoms with Gasteiger partial charge < -0.3 is 20.9 Å². The number of anilines is 2. The molecule has 3 N–H and O–H groups in total. The molecule has 0 aliphatic carbocycles. The van der Waals surface area contributed by atoms with Crippen LogP contribution in [0, 0.1) is 12.3 Å². The summed E-state index contributed by atoms with van der Waals surface area (Å²) in [5.74, 6) is 0. The van der Waals surface area contributed by atoms with E-state index in [0.717, 1.165) is 31.7 Å². The molecule has 0 radical (unpaired) electrons. The van der Waals surface area contributed by atoms with Gasteiger partial charge >= 0.3 is 0 Å². The summed E-state index contributed by atoms with van der Waals surface area (Å²) in [6, 6.07) is 4.00. The summed E-state index contributed by atoms with van der Waals surface area (Å²) in [4.78, 5) is 4.71. The van der Waals surface area contributed by atoms with Crippen molar-refractivity contribution in [2.45, 2.75) is 6.92 Å². The maximum Gasteiger partial charge on any atom is 0.0423 e. The van der Waals surface area contributed by atoms with Crippen molar-refractivity contribution in [1.82, 2.24) is 4.90 Å². The third-order valence-corrected chi connectivity index (χ3v) is 3.40. The Morgan fingerprint density at radius 2 is 1.88 bits per heavy atom. The van der Waals surface area contributed by atoms with Crippen LogP contribution in [0.1, 0.15) is 11.1 Å². The summed E-state index contributed by atoms with van der Waals surface area (Å²) in [6.07, 6.45) is 1.32. The van der Waals surface area contributed by atoms with Crippen molar-refractivity contribution in [2.24, 2.45) is 0 Å². The molecule has 1 aromatic rings. The fourth-order valence-electron chi connectivity index (χ4n) is 2.25. The predicted molar refractivity (Wildman–Crippen MR) is 73.2 cm³/mol. The molecule has 0 aromatic heterocycles. The molecule has 1 fully saturated rings. The van der Waals surface area contributed by atoms with Crippen LogP contribution in [0.15, 0.2) is 12.1 Å². The van der Waals surface area contributed by atoms with E-state index < -0.39 is 0 Å². The second kappa shape index (κ2) is 4.75. The van der Waals surface area contributed by atoms with E-state index in [0.29, 0.717) is 5.69 Å². The van der Waals surface area contributed by atoms with Gasteiger partial charge in [-0.3, -0.25) is 0 Å². The van der Waals surface area contributed by atoms with E-state index in [1.54, 1.807) is 0 Å². The minimum Gasteiger partial charge on any atom is -0.398 e. The van der Waals surface area contributed by atoms with Gasteiger partial charge in [0.25, 0.3) is 0 Å². The molecule has 1 aliphatic rings. The maximum absolute atomic E-state index is 7.30. The average molecular weight is 232 g/mol. The zero-order valence-corrected chi connectivity index (χ0v) is 10.5. The zero-order valence-electron chi connectivity index (χ0n) is 10.5. The number of nitrogens with zero attached hydrogens (tertiary/aromatic N) is 2. The molecular weight excluding hydrogens is 212 g/mol. The van der Waals surface area contributed by atoms with Crippen molar-refractivity contribution in [3.8, 4) is 0 Å². The van der Waals surface area contributed by atoms with Gasteiger partial charge in [-0.25, -0.2) is 0 Å². The topological polar surface area (TPSA) is 56.4 Å². The van der Waals surface area contributed by atoms with Crippen LogP contribution in [0.3, 0.4) is 0 Å². The van der Waals surface area contributed by atoms with Crippen molar-refractivity contribution in [3.63, 3.8) is 0 Å². The number of hydrogen-bond donors (Lipinski definition) is 2. The highest BCUT2D eigenvalue weighted by Crippen LogP contribution is 2.26. The molecule has 1 aliphatic heterocycles. The lowest BCUT2D eigenvalue weighted by atomic mass is 10.1. The fraction of sp³-hybridized carbons (Fsp3) is 0.462. The molecule has 0 amide bonds. The quantitative estimate of drug-likeness (QED) is 0.597. The SMILES string of the molecule is Cc1cc(C=N)c(N)cc1N1CCN(C)CC1. The summed E-state index contributed by atoms with van der Waals surface area (Å²) >= 11 is 0. The first kappa shape index (κ1) is 11.9. The number of benzene rings is 1. The molecular formula is C13H20N4. The van der Waals surface area contributed by atoms with Gasteiger partial charge in [0, 0.05) is 49.3 Å². The summed E-state index contributed by atoms with van der Waals surface area (Å²) < 4.78 is 0. The van der Waals surface area contributed by atoms with Crippen LogP contribution in [0.2, 0.25) is 0 Å². The normalized spacial score (nSPS) is 17.2. The first-order valence-corrected chi connectivity index (χ1v) is 5.96. The number of hydrogen-bond acceptors (Lipinski definition) is 4. The number of nitrogens with one attached hydrogen (secondary N) is 1. The van der Waals surface area contributed by atoms with Crippen LogP contribution in [0.4, 0.5) is 11.4 Å². The molecule has 4 heteroatoms. The molecule has 0 bridgehead atoms. The van der Waals surface area contributed by atoms with Crippen LogP contribution in [0.5, 0.6) is 0 Å². The molecule has 0 spiro atoms. The Hall–Kier alpha value is -1.55. The Morgan fingerprint density at radius 3 is 2.47 bits per heavy atom. The number of aryl methyl sites for hydroxylation is 1. The minimum absolute atomic E-state index is 0.694. The number of nitrogen functional groups attached to an aromatic ring is 1. The molecule has 1 saturated heterocycles. The molecule has 17 heavy (non-hydrogen) atoms. The van der Waals surface area contributed by atoms with Gasteiger partial charge in [-0.2, -0.15) is 0 Å². The van der Waals surface area contributed by atoms with Crippen LogP contribution in [-0.4, -0.2) is 44.3 Å². The van der Waals surface area contributed by atoms with Crippen LogP contribution >= 0.6 is 0 Å². The highest BCUT2D eigenvalue weighted by Gasteiger charge is 2.16. The molecule has 0 saturated carbocycles. The fourth-order valence-corrected chi connectivity index (χ4v) is 2.25. The molecule has 1 heterocycles. The highest BCUT2D eigenvalue weighted by molar-refractivity contribution is 5.87. The van der Waals surface area contributed by atoms with E-state index in [-0.39, 0.29) is 0 Å². The second-order valence-electron chi connectivity index (χ2n) is 4.70. The number of piperazine rings is 1. The highest BCUT2D eigenvalue weighted by atomic mass is 15.2. The second-order valence-corrected chi connectivity index (χ2v) is 4.70. The Labute approximate surface area is 103 Å². The largest absolute Gasteiger partial charge is 0.398 e. The van der Waals surface area contributed by atoms with E-state index in [1.165, 1.54) is 17.5 Å². The lowest BCUT2D eigenvalue weighted by Crippen LogP contribution is -2.44. The molecule has 0 atom stereocenters. The van der Waals surface area contributed by atoms with Gasteiger partial charge in [-0.05, 0) is 31.7 Å². The van der Waals surface area contributed by atoms with E-state index in [9.17, 15) is 0 Å². The Morgan fingerprint density at radius 1 is 1.24 bits per heavy atom. The van der Waals surface area contributed by atoms with Crippen molar-refractivity contribution >= 4 is 17.6 Å². The maximum atomic E-state index is 7.30. The Bertz CT molecular complexity index is 420. The zero-order chi connectivity index (χ0) is 12.4. The van der Waals surface area contributed by atoms with E-state index >= 15 is 0 Å². The van der Waals surface area contributed by atoms with Crippen molar-refractivity contribution in [1.29, 1.82) is 5.41 Å². The van der Waals surface area contributed by atoms with Crippen molar-refractivity contribution in [3.05, 3.63) is 23.3 Å². The minimum atomic E-state index is 0.694. The van der Waals surface area contributed by atoms with Gasteiger partial charge in [-0.15, -0.1) is 0 Å². The van der Waals surface area contributed by atoms with Crippen LogP contribution < -0.4 is 10.6 Å². The average Bonchev–Trinajstić information content (AvgIpc) is 2.33. The van der Waals surface area contributed by atoms with E-state index in [2.05, 4.69) is 23.8 Å². The molecule has 1 aromatic carbocycles. The molecule has 4 nitrogen and oxygen atoms in total. The lowest BCUT2D eigenvalue weighted by Gasteiger charge is -2.35. The van der Waals surface area contributed by atoms with Crippen molar-refractivity contribution < 1.29 is 0 Å². The summed E-state index contributed by atoms with van der Waals surface area (Å²) in [6.45, 7) is 6.35. The smallest absolute Gasteiger partial charge is 0.0423 e. The van der Waals surface area contributed by atoms with Crippen LogP contribution in [0.25, 0.3) is 0 Å². The Balaban J connectivity index is 2.26. The summed E-state index contributed by atoms with van der Waals surface area (Å²) in [5.41, 5.74) is 9.85. The van der Waals surface area contributed by atoms with E-state index in [4.69, 9.17) is 11.1 Å². The summed E-state index contributed by atoms with van der Waals surface area (Å²) in [7, 11) is 2.15. The third-order valence-electron chi connectivity index (χ3n) is 3.40. The molecule has 0 unspecified atom stereocenters. The lowest BCUT2D eigenvalue weighted by molar-refractivity contribution is 0.312. The van der Waals surface area contributed by atoms with Crippen LogP contribution in [-0.2, 0) is 0 Å². The summed E-state index contributed by atoms with van der Waals surface area (Å²) in [5, 5.41) is 7.30. The number of likely N-dealkylation sites (N-methyl/N-ethyl adjacent to an activating group) is 1. The van der Waals surface area contributed by atoms with Gasteiger partial charge in [-0.1, -0.05) is 0 Å². The van der Waals surface area contributed by atoms with Gasteiger partial charge in [0.05, 0.1) is 0 Å². The van der Waals surface area contributed by atoms with Gasteiger partial charge in [0.1, 0.15) is 0 Å². The predicted octanol–water partition coefficient (Wildman–Crippen LogP) is 1.33. The first-order valence-electron chi connectivity index (χ1n) is 5.96. The number of rotatable bonds is 2. The Kier molecular flexibility index (Phi) is 3.33. The van der Waals surface area contributed by atoms with Gasteiger partial charge in [0.15, 0.2) is 0 Å². The molecule has 92 valence electrons. The van der Waals surface area contributed by atoms with E-state index in [1.807, 2.05) is 12.1 Å². The molecule has 2 rings (SSSR count). The van der Waals surface area contributed by atoms with Crippen molar-refractivity contribution in [2.75, 3.05) is 43.9 Å². The number of nitrogens with two attached hydrogens (primary N) is 1. The first-order chi connectivity index (χ1) is 8.11. The van der Waals surface area contributed by atoms with Gasteiger partial charge in [0.2, 0.25) is 0 Å².